The molecular weight excluding hydrogens is 198 g/mol. The van der Waals surface area contributed by atoms with E-state index in [2.05, 4.69) is 0 Å². The lowest BCUT2D eigenvalue weighted by molar-refractivity contribution is -0.143. The average molecular weight is 215 g/mol. The van der Waals surface area contributed by atoms with Gasteiger partial charge in [-0.05, 0) is 19.8 Å². The number of amides is 1. The molecule has 0 unspecified atom stereocenters. The summed E-state index contributed by atoms with van der Waals surface area (Å²) in [4.78, 5) is 23.9. The first-order chi connectivity index (χ1) is 7.24. The highest BCUT2D eigenvalue weighted by Gasteiger charge is 2.19. The minimum Gasteiger partial charge on any atom is -0.466 e. The third-order valence-electron chi connectivity index (χ3n) is 2.20. The van der Waals surface area contributed by atoms with Crippen LogP contribution < -0.4 is 0 Å². The number of hydrogen-bond acceptors (Lipinski definition) is 4. The molecular formula is C10H17NO4. The Labute approximate surface area is 89.3 Å². The van der Waals surface area contributed by atoms with E-state index in [0.29, 0.717) is 6.61 Å². The summed E-state index contributed by atoms with van der Waals surface area (Å²) in [5, 5.41) is 0. The van der Waals surface area contributed by atoms with Crippen molar-refractivity contribution < 1.29 is 19.1 Å². The predicted octanol–water partition coefficient (Wildman–Crippen LogP) is 1.17. The number of carbonyl (C=O) groups excluding carboxylic acids is 2. The van der Waals surface area contributed by atoms with Gasteiger partial charge in [0.2, 0.25) is 0 Å². The molecule has 0 aromatic carbocycles. The molecule has 1 heterocycles. The Balaban J connectivity index is 2.08. The summed E-state index contributed by atoms with van der Waals surface area (Å²) in [7, 11) is 0. The first kappa shape index (κ1) is 11.8. The molecule has 1 fully saturated rings. The van der Waals surface area contributed by atoms with Crippen molar-refractivity contribution in [2.75, 3.05) is 26.3 Å². The van der Waals surface area contributed by atoms with Gasteiger partial charge in [0.25, 0.3) is 0 Å². The molecule has 1 aliphatic rings. The highest BCUT2D eigenvalue weighted by atomic mass is 16.6. The lowest BCUT2D eigenvalue weighted by Crippen LogP contribution is -2.29. The Hall–Kier alpha value is -1.26. The monoisotopic (exact) mass is 215 g/mol. The van der Waals surface area contributed by atoms with Crippen LogP contribution in [0.3, 0.4) is 0 Å². The highest BCUT2D eigenvalue weighted by Crippen LogP contribution is 2.08. The predicted molar refractivity (Wildman–Crippen MR) is 53.4 cm³/mol. The molecule has 1 rings (SSSR count). The van der Waals surface area contributed by atoms with E-state index in [9.17, 15) is 9.59 Å². The molecule has 1 aliphatic heterocycles. The van der Waals surface area contributed by atoms with Crippen LogP contribution >= 0.6 is 0 Å². The minimum absolute atomic E-state index is 0.105. The van der Waals surface area contributed by atoms with Crippen LogP contribution in [0.5, 0.6) is 0 Å². The van der Waals surface area contributed by atoms with E-state index in [4.69, 9.17) is 9.47 Å². The minimum atomic E-state index is -0.327. The van der Waals surface area contributed by atoms with Crippen LogP contribution in [-0.4, -0.2) is 43.3 Å². The van der Waals surface area contributed by atoms with Gasteiger partial charge in [-0.2, -0.15) is 0 Å². The summed E-state index contributed by atoms with van der Waals surface area (Å²) in [6.45, 7) is 3.73. The molecule has 5 heteroatoms. The molecule has 0 bridgehead atoms. The third kappa shape index (κ3) is 4.18. The van der Waals surface area contributed by atoms with Crippen molar-refractivity contribution in [3.8, 4) is 0 Å². The van der Waals surface area contributed by atoms with Gasteiger partial charge < -0.3 is 14.4 Å². The molecule has 0 saturated carbocycles. The Morgan fingerprint density at radius 2 is 1.87 bits per heavy atom. The Bertz CT molecular complexity index is 223. The van der Waals surface area contributed by atoms with Crippen LogP contribution in [-0.2, 0) is 14.3 Å². The van der Waals surface area contributed by atoms with Gasteiger partial charge in [0.1, 0.15) is 6.61 Å². The average Bonchev–Trinajstić information content (AvgIpc) is 2.70. The van der Waals surface area contributed by atoms with Crippen molar-refractivity contribution in [3.05, 3.63) is 0 Å². The fourth-order valence-electron chi connectivity index (χ4n) is 1.45. The van der Waals surface area contributed by atoms with Gasteiger partial charge >= 0.3 is 12.1 Å². The number of rotatable bonds is 4. The van der Waals surface area contributed by atoms with E-state index in [0.717, 1.165) is 25.9 Å². The maximum absolute atomic E-state index is 11.3. The second-order valence-electron chi connectivity index (χ2n) is 3.36. The normalized spacial score (nSPS) is 15.1. The van der Waals surface area contributed by atoms with Gasteiger partial charge in [-0.3, -0.25) is 4.79 Å². The van der Waals surface area contributed by atoms with Crippen LogP contribution in [0.4, 0.5) is 4.79 Å². The maximum atomic E-state index is 11.3. The molecule has 1 saturated heterocycles. The summed E-state index contributed by atoms with van der Waals surface area (Å²) in [5.74, 6) is -0.327. The molecule has 15 heavy (non-hydrogen) atoms. The molecule has 0 aliphatic carbocycles. The Morgan fingerprint density at radius 1 is 1.20 bits per heavy atom. The fraction of sp³-hybridized carbons (Fsp3) is 0.800. The molecule has 0 aromatic heterocycles. The SMILES string of the molecule is CCOC(=O)CCOC(=O)N1CCCC1. The number of carbonyl (C=O) groups is 2. The van der Waals surface area contributed by atoms with Crippen molar-refractivity contribution >= 4 is 12.1 Å². The summed E-state index contributed by atoms with van der Waals surface area (Å²) in [5.41, 5.74) is 0. The van der Waals surface area contributed by atoms with E-state index in [1.807, 2.05) is 0 Å². The highest BCUT2D eigenvalue weighted by molar-refractivity contribution is 5.71. The standard InChI is InChI=1S/C10H17NO4/c1-2-14-9(12)5-8-15-10(13)11-6-3-4-7-11/h2-8H2,1H3. The van der Waals surface area contributed by atoms with Crippen LogP contribution in [0.2, 0.25) is 0 Å². The van der Waals surface area contributed by atoms with Crippen molar-refractivity contribution in [2.45, 2.75) is 26.2 Å². The molecule has 0 aromatic rings. The Morgan fingerprint density at radius 3 is 2.47 bits per heavy atom. The van der Waals surface area contributed by atoms with E-state index in [-0.39, 0.29) is 25.1 Å². The summed E-state index contributed by atoms with van der Waals surface area (Å²) in [6.07, 6.45) is 1.88. The van der Waals surface area contributed by atoms with Crippen molar-refractivity contribution in [1.82, 2.24) is 4.90 Å². The summed E-state index contributed by atoms with van der Waals surface area (Å²) >= 11 is 0. The molecule has 0 radical (unpaired) electrons. The zero-order valence-electron chi connectivity index (χ0n) is 9.03. The summed E-state index contributed by atoms with van der Waals surface area (Å²) in [6, 6.07) is 0. The van der Waals surface area contributed by atoms with Gasteiger partial charge in [-0.1, -0.05) is 0 Å². The van der Waals surface area contributed by atoms with Crippen molar-refractivity contribution in [1.29, 1.82) is 0 Å². The van der Waals surface area contributed by atoms with Gasteiger partial charge in [0.15, 0.2) is 0 Å². The first-order valence-corrected chi connectivity index (χ1v) is 5.31. The number of hydrogen-bond donors (Lipinski definition) is 0. The van der Waals surface area contributed by atoms with Gasteiger partial charge in [0, 0.05) is 13.1 Å². The van der Waals surface area contributed by atoms with Crippen molar-refractivity contribution in [3.63, 3.8) is 0 Å². The van der Waals surface area contributed by atoms with Gasteiger partial charge in [-0.15, -0.1) is 0 Å². The first-order valence-electron chi connectivity index (χ1n) is 5.31. The second kappa shape index (κ2) is 6.27. The molecule has 5 nitrogen and oxygen atoms in total. The molecule has 0 atom stereocenters. The quantitative estimate of drug-likeness (QED) is 0.660. The zero-order valence-corrected chi connectivity index (χ0v) is 9.03. The van der Waals surface area contributed by atoms with Crippen LogP contribution in [0.15, 0.2) is 0 Å². The smallest absolute Gasteiger partial charge is 0.409 e. The number of nitrogens with zero attached hydrogens (tertiary/aromatic N) is 1. The molecule has 0 N–H and O–H groups in total. The number of esters is 1. The van der Waals surface area contributed by atoms with Crippen molar-refractivity contribution in [2.24, 2.45) is 0 Å². The lowest BCUT2D eigenvalue weighted by Gasteiger charge is -2.14. The van der Waals surface area contributed by atoms with Gasteiger partial charge in [-0.25, -0.2) is 4.79 Å². The Kier molecular flexibility index (Phi) is 4.93. The second-order valence-corrected chi connectivity index (χ2v) is 3.36. The summed E-state index contributed by atoms with van der Waals surface area (Å²) < 4.78 is 9.63. The molecule has 86 valence electrons. The van der Waals surface area contributed by atoms with E-state index >= 15 is 0 Å². The lowest BCUT2D eigenvalue weighted by atomic mass is 10.4. The van der Waals surface area contributed by atoms with E-state index in [1.54, 1.807) is 11.8 Å². The maximum Gasteiger partial charge on any atom is 0.409 e. The zero-order chi connectivity index (χ0) is 11.1. The third-order valence-corrected chi connectivity index (χ3v) is 2.20. The van der Waals surface area contributed by atoms with E-state index in [1.165, 1.54) is 0 Å². The topological polar surface area (TPSA) is 55.8 Å². The largest absolute Gasteiger partial charge is 0.466 e. The molecule has 0 spiro atoms. The van der Waals surface area contributed by atoms with E-state index < -0.39 is 0 Å². The van der Waals surface area contributed by atoms with Crippen LogP contribution in [0.1, 0.15) is 26.2 Å². The number of ether oxygens (including phenoxy) is 2. The molecule has 1 amide bonds. The van der Waals surface area contributed by atoms with Gasteiger partial charge in [0.05, 0.1) is 13.0 Å². The van der Waals surface area contributed by atoms with Crippen LogP contribution in [0, 0.1) is 0 Å². The number of likely N-dealkylation sites (tertiary alicyclic amines) is 1. The van der Waals surface area contributed by atoms with Crippen LogP contribution in [0.25, 0.3) is 0 Å². The fourth-order valence-corrected chi connectivity index (χ4v) is 1.45.